The van der Waals surface area contributed by atoms with Gasteiger partial charge in [-0.25, -0.2) is 0 Å². The lowest BCUT2D eigenvalue weighted by Gasteiger charge is -2.25. The molecule has 0 saturated heterocycles. The third-order valence-electron chi connectivity index (χ3n) is 3.67. The van der Waals surface area contributed by atoms with Crippen LogP contribution in [-0.2, 0) is 17.3 Å². The van der Waals surface area contributed by atoms with Gasteiger partial charge in [0.2, 0.25) is 0 Å². The molecule has 0 N–H and O–H groups in total. The van der Waals surface area contributed by atoms with E-state index in [1.165, 1.54) is 11.1 Å². The average Bonchev–Trinajstić information content (AvgIpc) is 2.38. The van der Waals surface area contributed by atoms with Crippen molar-refractivity contribution in [2.45, 2.75) is 51.9 Å². The standard InChI is InChI=1S/C18H24N2/c1-17(2,3)15-10-14(12-19-13-15)11-18(4,5)16-8-6-7-9-20-16/h6-10,12-13H,11H2,1-5H3. The highest BCUT2D eigenvalue weighted by atomic mass is 14.7. The Morgan fingerprint density at radius 3 is 2.35 bits per heavy atom. The molecule has 0 amide bonds. The van der Waals surface area contributed by atoms with Crippen LogP contribution in [0.5, 0.6) is 0 Å². The summed E-state index contributed by atoms with van der Waals surface area (Å²) in [4.78, 5) is 8.91. The molecule has 0 aliphatic carbocycles. The minimum Gasteiger partial charge on any atom is -0.264 e. The zero-order valence-corrected chi connectivity index (χ0v) is 13.1. The molecule has 2 nitrogen and oxygen atoms in total. The van der Waals surface area contributed by atoms with Crippen molar-refractivity contribution in [1.29, 1.82) is 0 Å². The Morgan fingerprint density at radius 2 is 1.75 bits per heavy atom. The minimum atomic E-state index is 0.0133. The molecule has 0 aliphatic heterocycles. The molecule has 0 saturated carbocycles. The summed E-state index contributed by atoms with van der Waals surface area (Å²) < 4.78 is 0. The zero-order chi connectivity index (χ0) is 14.8. The van der Waals surface area contributed by atoms with Gasteiger partial charge in [-0.1, -0.05) is 46.8 Å². The van der Waals surface area contributed by atoms with Crippen LogP contribution in [0.1, 0.15) is 51.4 Å². The van der Waals surface area contributed by atoms with Crippen LogP contribution in [0, 0.1) is 0 Å². The molecule has 106 valence electrons. The molecule has 0 aliphatic rings. The van der Waals surface area contributed by atoms with Gasteiger partial charge < -0.3 is 0 Å². The number of aromatic nitrogens is 2. The number of nitrogens with zero attached hydrogens (tertiary/aromatic N) is 2. The SMILES string of the molecule is CC(C)(C)c1cncc(CC(C)(C)c2ccccn2)c1. The maximum atomic E-state index is 4.50. The maximum absolute atomic E-state index is 4.50. The smallest absolute Gasteiger partial charge is 0.0463 e. The van der Waals surface area contributed by atoms with Gasteiger partial charge in [0.25, 0.3) is 0 Å². The summed E-state index contributed by atoms with van der Waals surface area (Å²) in [7, 11) is 0. The predicted molar refractivity (Wildman–Crippen MR) is 83.9 cm³/mol. The average molecular weight is 268 g/mol. The lowest BCUT2D eigenvalue weighted by Crippen LogP contribution is -2.22. The first-order valence-electron chi connectivity index (χ1n) is 7.15. The third kappa shape index (κ3) is 3.44. The molecule has 0 radical (unpaired) electrons. The molecule has 0 aromatic carbocycles. The summed E-state index contributed by atoms with van der Waals surface area (Å²) in [5.74, 6) is 0. The van der Waals surface area contributed by atoms with Crippen LogP contribution < -0.4 is 0 Å². The van der Waals surface area contributed by atoms with E-state index < -0.39 is 0 Å². The molecule has 0 atom stereocenters. The highest BCUT2D eigenvalue weighted by Crippen LogP contribution is 2.28. The van der Waals surface area contributed by atoms with Gasteiger partial charge in [0.05, 0.1) is 0 Å². The largest absolute Gasteiger partial charge is 0.264 e. The fourth-order valence-corrected chi connectivity index (χ4v) is 2.36. The lowest BCUT2D eigenvalue weighted by atomic mass is 9.81. The van der Waals surface area contributed by atoms with Crippen molar-refractivity contribution >= 4 is 0 Å². The van der Waals surface area contributed by atoms with Crippen molar-refractivity contribution in [3.05, 3.63) is 59.7 Å². The van der Waals surface area contributed by atoms with Crippen molar-refractivity contribution in [3.63, 3.8) is 0 Å². The van der Waals surface area contributed by atoms with E-state index in [4.69, 9.17) is 0 Å². The normalized spacial score (nSPS) is 12.4. The Labute approximate surface area is 122 Å². The molecule has 0 bridgehead atoms. The molecule has 0 spiro atoms. The van der Waals surface area contributed by atoms with Crippen LogP contribution in [0.15, 0.2) is 42.9 Å². The van der Waals surface area contributed by atoms with E-state index in [0.29, 0.717) is 0 Å². The van der Waals surface area contributed by atoms with Crippen LogP contribution >= 0.6 is 0 Å². The van der Waals surface area contributed by atoms with Crippen molar-refractivity contribution in [2.75, 3.05) is 0 Å². The summed E-state index contributed by atoms with van der Waals surface area (Å²) in [6.45, 7) is 11.1. The van der Waals surface area contributed by atoms with Crippen molar-refractivity contribution in [1.82, 2.24) is 9.97 Å². The molecular weight excluding hydrogens is 244 g/mol. The number of rotatable bonds is 3. The quantitative estimate of drug-likeness (QED) is 0.829. The van der Waals surface area contributed by atoms with Crippen LogP contribution in [0.3, 0.4) is 0 Å². The molecule has 2 rings (SSSR count). The van der Waals surface area contributed by atoms with Gasteiger partial charge in [-0.3, -0.25) is 9.97 Å². The van der Waals surface area contributed by atoms with Gasteiger partial charge in [0.1, 0.15) is 0 Å². The second-order valence-electron chi connectivity index (χ2n) is 7.11. The zero-order valence-electron chi connectivity index (χ0n) is 13.1. The van der Waals surface area contributed by atoms with Gasteiger partial charge in [-0.15, -0.1) is 0 Å². The van der Waals surface area contributed by atoms with Crippen LogP contribution in [0.25, 0.3) is 0 Å². The second-order valence-corrected chi connectivity index (χ2v) is 7.11. The predicted octanol–water partition coefficient (Wildman–Crippen LogP) is 4.29. The first-order chi connectivity index (χ1) is 9.29. The Bertz CT molecular complexity index is 565. The Balaban J connectivity index is 2.26. The summed E-state index contributed by atoms with van der Waals surface area (Å²) in [5, 5.41) is 0. The fraction of sp³-hybridized carbons (Fsp3) is 0.444. The first kappa shape index (κ1) is 14.7. The van der Waals surface area contributed by atoms with E-state index in [0.717, 1.165) is 12.1 Å². The summed E-state index contributed by atoms with van der Waals surface area (Å²) >= 11 is 0. The summed E-state index contributed by atoms with van der Waals surface area (Å²) in [5.41, 5.74) is 3.83. The number of pyridine rings is 2. The van der Waals surface area contributed by atoms with Gasteiger partial charge in [0, 0.05) is 29.7 Å². The molecule has 0 unspecified atom stereocenters. The fourth-order valence-electron chi connectivity index (χ4n) is 2.36. The first-order valence-corrected chi connectivity index (χ1v) is 7.15. The van der Waals surface area contributed by atoms with E-state index in [1.54, 1.807) is 0 Å². The maximum Gasteiger partial charge on any atom is 0.0463 e. The van der Waals surface area contributed by atoms with E-state index in [9.17, 15) is 0 Å². The van der Waals surface area contributed by atoms with Crippen molar-refractivity contribution < 1.29 is 0 Å². The molecule has 2 heteroatoms. The second kappa shape index (κ2) is 5.35. The van der Waals surface area contributed by atoms with E-state index in [2.05, 4.69) is 56.7 Å². The van der Waals surface area contributed by atoms with E-state index in [1.807, 2.05) is 30.7 Å². The summed E-state index contributed by atoms with van der Waals surface area (Å²) in [6, 6.07) is 8.38. The monoisotopic (exact) mass is 268 g/mol. The van der Waals surface area contributed by atoms with Gasteiger partial charge in [0.15, 0.2) is 0 Å². The van der Waals surface area contributed by atoms with E-state index in [-0.39, 0.29) is 10.8 Å². The molecule has 20 heavy (non-hydrogen) atoms. The molecular formula is C18H24N2. The Hall–Kier alpha value is -1.70. The third-order valence-corrected chi connectivity index (χ3v) is 3.67. The number of hydrogen-bond donors (Lipinski definition) is 0. The van der Waals surface area contributed by atoms with Gasteiger partial charge in [-0.05, 0) is 35.1 Å². The van der Waals surface area contributed by atoms with Crippen molar-refractivity contribution in [2.24, 2.45) is 0 Å². The molecule has 2 heterocycles. The Kier molecular flexibility index (Phi) is 3.94. The molecule has 2 aromatic rings. The van der Waals surface area contributed by atoms with Crippen LogP contribution in [0.4, 0.5) is 0 Å². The molecule has 0 fully saturated rings. The molecule has 2 aromatic heterocycles. The van der Waals surface area contributed by atoms with Gasteiger partial charge in [-0.2, -0.15) is 0 Å². The van der Waals surface area contributed by atoms with Crippen LogP contribution in [-0.4, -0.2) is 9.97 Å². The van der Waals surface area contributed by atoms with Crippen LogP contribution in [0.2, 0.25) is 0 Å². The lowest BCUT2D eigenvalue weighted by molar-refractivity contribution is 0.502. The van der Waals surface area contributed by atoms with Crippen molar-refractivity contribution in [3.8, 4) is 0 Å². The highest BCUT2D eigenvalue weighted by molar-refractivity contribution is 5.27. The Morgan fingerprint density at radius 1 is 1.00 bits per heavy atom. The topological polar surface area (TPSA) is 25.8 Å². The number of hydrogen-bond acceptors (Lipinski definition) is 2. The minimum absolute atomic E-state index is 0.0133. The highest BCUT2D eigenvalue weighted by Gasteiger charge is 2.23. The van der Waals surface area contributed by atoms with Gasteiger partial charge >= 0.3 is 0 Å². The van der Waals surface area contributed by atoms with E-state index >= 15 is 0 Å². The summed E-state index contributed by atoms with van der Waals surface area (Å²) in [6.07, 6.45) is 6.75.